The number of rotatable bonds is 7. The highest BCUT2D eigenvalue weighted by molar-refractivity contribution is 5.90. The second-order valence-electron chi connectivity index (χ2n) is 6.51. The van der Waals surface area contributed by atoms with E-state index in [9.17, 15) is 14.0 Å². The van der Waals surface area contributed by atoms with E-state index in [2.05, 4.69) is 20.6 Å². The Kier molecular flexibility index (Phi) is 6.74. The van der Waals surface area contributed by atoms with E-state index in [1.807, 2.05) is 18.2 Å². The maximum atomic E-state index is 14.5. The summed E-state index contributed by atoms with van der Waals surface area (Å²) in [5.41, 5.74) is 1.97. The summed E-state index contributed by atoms with van der Waals surface area (Å²) in [7, 11) is 1.76. The van der Waals surface area contributed by atoms with Crippen molar-refractivity contribution in [3.05, 3.63) is 60.2 Å². The Bertz CT molecular complexity index is 978. The molecule has 2 N–H and O–H groups in total. The highest BCUT2D eigenvalue weighted by atomic mass is 19.1. The second kappa shape index (κ2) is 9.64. The van der Waals surface area contributed by atoms with Crippen molar-refractivity contribution in [2.24, 2.45) is 4.99 Å². The van der Waals surface area contributed by atoms with Crippen LogP contribution in [0.25, 0.3) is 5.70 Å². The predicted molar refractivity (Wildman–Crippen MR) is 112 cm³/mol. The lowest BCUT2D eigenvalue weighted by Crippen LogP contribution is -2.33. The molecule has 2 heterocycles. The Balaban J connectivity index is 1.69. The van der Waals surface area contributed by atoms with E-state index in [-0.39, 0.29) is 24.7 Å². The molecule has 0 saturated carbocycles. The van der Waals surface area contributed by atoms with Crippen LogP contribution in [0, 0.1) is 5.82 Å². The number of aromatic nitrogens is 1. The van der Waals surface area contributed by atoms with Gasteiger partial charge < -0.3 is 15.4 Å². The number of allylic oxidation sites excluding steroid dienone is 1. The molecule has 1 aromatic carbocycles. The standard InChI is InChI=1S/C21H22FN5O3/c1-14(28)26-12-16-13-27(21(29)30-16)15-6-7-18(17(22)11-15)25-10-8-19(23-2)20-5-3-4-9-24-20/h3-11,16,23H,12-13H2,1-2H3,(H,26,28)/b19-8-,25-10+/t16-/m0/s1. The van der Waals surface area contributed by atoms with Crippen LogP contribution < -0.4 is 15.5 Å². The fraction of sp³-hybridized carbons (Fsp3) is 0.238. The van der Waals surface area contributed by atoms with Crippen molar-refractivity contribution in [3.8, 4) is 0 Å². The third kappa shape index (κ3) is 5.19. The van der Waals surface area contributed by atoms with E-state index < -0.39 is 18.0 Å². The summed E-state index contributed by atoms with van der Waals surface area (Å²) in [4.78, 5) is 32.8. The van der Waals surface area contributed by atoms with Gasteiger partial charge in [-0.25, -0.2) is 9.18 Å². The zero-order valence-corrected chi connectivity index (χ0v) is 16.6. The molecular weight excluding hydrogens is 389 g/mol. The summed E-state index contributed by atoms with van der Waals surface area (Å²) >= 11 is 0. The largest absolute Gasteiger partial charge is 0.442 e. The summed E-state index contributed by atoms with van der Waals surface area (Å²) in [5, 5.41) is 5.62. The van der Waals surface area contributed by atoms with Crippen LogP contribution in [0.2, 0.25) is 0 Å². The van der Waals surface area contributed by atoms with Gasteiger partial charge in [0.25, 0.3) is 0 Å². The van der Waals surface area contributed by atoms with Crippen molar-refractivity contribution in [1.82, 2.24) is 15.6 Å². The number of aliphatic imine (C=N–C) groups is 1. The molecule has 3 rings (SSSR count). The number of amides is 2. The van der Waals surface area contributed by atoms with E-state index in [1.165, 1.54) is 30.2 Å². The molecule has 1 saturated heterocycles. The lowest BCUT2D eigenvalue weighted by atomic mass is 10.2. The third-order valence-electron chi connectivity index (χ3n) is 4.36. The third-order valence-corrected chi connectivity index (χ3v) is 4.36. The number of ether oxygens (including phenoxy) is 1. The number of halogens is 1. The van der Waals surface area contributed by atoms with Crippen molar-refractivity contribution in [1.29, 1.82) is 0 Å². The van der Waals surface area contributed by atoms with Crippen molar-refractivity contribution in [2.45, 2.75) is 13.0 Å². The summed E-state index contributed by atoms with van der Waals surface area (Å²) in [6.07, 6.45) is 3.78. The smallest absolute Gasteiger partial charge is 0.414 e. The molecule has 2 amide bonds. The maximum Gasteiger partial charge on any atom is 0.414 e. The van der Waals surface area contributed by atoms with Gasteiger partial charge in [0.05, 0.1) is 35.9 Å². The molecule has 0 spiro atoms. The molecular formula is C21H22FN5O3. The Morgan fingerprint density at radius 3 is 2.90 bits per heavy atom. The van der Waals surface area contributed by atoms with Crippen LogP contribution in [0.1, 0.15) is 12.6 Å². The van der Waals surface area contributed by atoms with Gasteiger partial charge in [0.1, 0.15) is 6.10 Å². The molecule has 156 valence electrons. The number of cyclic esters (lactones) is 1. The zero-order valence-electron chi connectivity index (χ0n) is 16.6. The number of benzene rings is 1. The first-order valence-electron chi connectivity index (χ1n) is 9.33. The molecule has 30 heavy (non-hydrogen) atoms. The van der Waals surface area contributed by atoms with Gasteiger partial charge in [-0.3, -0.25) is 19.7 Å². The van der Waals surface area contributed by atoms with Crippen LogP contribution in [0.15, 0.2) is 53.7 Å². The fourth-order valence-corrected chi connectivity index (χ4v) is 2.88. The molecule has 1 aromatic heterocycles. The van der Waals surface area contributed by atoms with Crippen molar-refractivity contribution in [3.63, 3.8) is 0 Å². The monoisotopic (exact) mass is 411 g/mol. The topological polar surface area (TPSA) is 95.9 Å². The van der Waals surface area contributed by atoms with Gasteiger partial charge in [-0.2, -0.15) is 0 Å². The van der Waals surface area contributed by atoms with Gasteiger partial charge in [0.2, 0.25) is 5.91 Å². The normalized spacial score (nSPS) is 16.6. The van der Waals surface area contributed by atoms with Gasteiger partial charge in [-0.1, -0.05) is 6.07 Å². The average molecular weight is 411 g/mol. The quantitative estimate of drug-likeness (QED) is 0.683. The van der Waals surface area contributed by atoms with Crippen LogP contribution in [0.5, 0.6) is 0 Å². The summed E-state index contributed by atoms with van der Waals surface area (Å²) < 4.78 is 19.7. The van der Waals surface area contributed by atoms with Crippen LogP contribution >= 0.6 is 0 Å². The highest BCUT2D eigenvalue weighted by Crippen LogP contribution is 2.27. The van der Waals surface area contributed by atoms with Gasteiger partial charge >= 0.3 is 6.09 Å². The number of hydrogen-bond donors (Lipinski definition) is 2. The first-order valence-corrected chi connectivity index (χ1v) is 9.33. The Hall–Kier alpha value is -3.75. The number of hydrogen-bond acceptors (Lipinski definition) is 6. The van der Waals surface area contributed by atoms with Gasteiger partial charge in [0.15, 0.2) is 5.82 Å². The van der Waals surface area contributed by atoms with Crippen molar-refractivity contribution < 1.29 is 18.7 Å². The van der Waals surface area contributed by atoms with Crippen molar-refractivity contribution >= 4 is 35.3 Å². The number of pyridine rings is 1. The van der Waals surface area contributed by atoms with E-state index in [0.717, 1.165) is 11.4 Å². The fourth-order valence-electron chi connectivity index (χ4n) is 2.88. The minimum atomic E-state index is -0.585. The Morgan fingerprint density at radius 2 is 2.23 bits per heavy atom. The van der Waals surface area contributed by atoms with Crippen LogP contribution in [0.4, 0.5) is 20.6 Å². The number of anilines is 1. The molecule has 8 nitrogen and oxygen atoms in total. The number of nitrogens with zero attached hydrogens (tertiary/aromatic N) is 3. The first-order chi connectivity index (χ1) is 14.5. The predicted octanol–water partition coefficient (Wildman–Crippen LogP) is 2.64. The summed E-state index contributed by atoms with van der Waals surface area (Å²) in [6, 6.07) is 9.85. The molecule has 1 atom stereocenters. The Labute approximate surface area is 173 Å². The summed E-state index contributed by atoms with van der Waals surface area (Å²) in [5.74, 6) is -0.782. The van der Waals surface area contributed by atoms with Crippen LogP contribution in [-0.2, 0) is 9.53 Å². The van der Waals surface area contributed by atoms with Crippen molar-refractivity contribution in [2.75, 3.05) is 25.0 Å². The molecule has 2 aromatic rings. The van der Waals surface area contributed by atoms with Gasteiger partial charge in [-0.15, -0.1) is 0 Å². The summed E-state index contributed by atoms with van der Waals surface area (Å²) in [6.45, 7) is 1.81. The molecule has 9 heteroatoms. The number of nitrogens with one attached hydrogen (secondary N) is 2. The minimum Gasteiger partial charge on any atom is -0.442 e. The highest BCUT2D eigenvalue weighted by Gasteiger charge is 2.32. The zero-order chi connectivity index (χ0) is 21.5. The SMILES string of the molecule is CN/C(=C\C=N\c1ccc(N2C[C@H](CNC(C)=O)OC2=O)cc1F)c1ccccn1. The molecule has 0 unspecified atom stereocenters. The minimum absolute atomic E-state index is 0.133. The van der Waals surface area contributed by atoms with E-state index >= 15 is 0 Å². The molecule has 1 fully saturated rings. The van der Waals surface area contributed by atoms with Crippen LogP contribution in [-0.4, -0.2) is 49.4 Å². The number of carbonyl (C=O) groups excluding carboxylic acids is 2. The van der Waals surface area contributed by atoms with Crippen LogP contribution in [0.3, 0.4) is 0 Å². The molecule has 0 bridgehead atoms. The second-order valence-corrected chi connectivity index (χ2v) is 6.51. The maximum absolute atomic E-state index is 14.5. The van der Waals surface area contributed by atoms with E-state index in [1.54, 1.807) is 25.4 Å². The van der Waals surface area contributed by atoms with Gasteiger partial charge in [0, 0.05) is 26.4 Å². The Morgan fingerprint density at radius 1 is 1.40 bits per heavy atom. The van der Waals surface area contributed by atoms with E-state index in [4.69, 9.17) is 4.74 Å². The molecule has 0 radical (unpaired) electrons. The van der Waals surface area contributed by atoms with E-state index in [0.29, 0.717) is 5.69 Å². The molecule has 0 aliphatic carbocycles. The average Bonchev–Trinajstić information content (AvgIpc) is 3.12. The lowest BCUT2D eigenvalue weighted by molar-refractivity contribution is -0.119. The molecule has 1 aliphatic heterocycles. The first kappa shape index (κ1) is 21.0. The number of carbonyl (C=O) groups is 2. The lowest BCUT2D eigenvalue weighted by Gasteiger charge is -2.13. The van der Waals surface area contributed by atoms with Gasteiger partial charge in [-0.05, 0) is 36.4 Å². The molecule has 1 aliphatic rings.